The van der Waals surface area contributed by atoms with Gasteiger partial charge in [0.15, 0.2) is 5.11 Å². The van der Waals surface area contributed by atoms with Crippen molar-refractivity contribution in [2.24, 2.45) is 0 Å². The molecule has 110 valence electrons. The Labute approximate surface area is 143 Å². The minimum Gasteiger partial charge on any atom is -0.327 e. The first kappa shape index (κ1) is 15.0. The highest BCUT2D eigenvalue weighted by molar-refractivity contribution is 7.80. The van der Waals surface area contributed by atoms with Crippen LogP contribution in [0.5, 0.6) is 0 Å². The van der Waals surface area contributed by atoms with Crippen molar-refractivity contribution in [2.75, 3.05) is 4.90 Å². The standard InChI is InChI=1S/C16H10Cl2N2OS/c17-11-3-1-10(2-4-11)9-14-15(21)20(16(22)19-14)13-7-5-12(18)6-8-13/h1-9H,(H,19,22)/b14-9-. The summed E-state index contributed by atoms with van der Waals surface area (Å²) in [6.07, 6.45) is 1.74. The molecule has 0 atom stereocenters. The molecular weight excluding hydrogens is 339 g/mol. The molecule has 0 bridgehead atoms. The van der Waals surface area contributed by atoms with Gasteiger partial charge in [0, 0.05) is 10.0 Å². The number of hydrogen-bond acceptors (Lipinski definition) is 2. The average Bonchev–Trinajstić information content (AvgIpc) is 2.77. The Hall–Kier alpha value is -1.88. The van der Waals surface area contributed by atoms with E-state index in [1.165, 1.54) is 4.90 Å². The van der Waals surface area contributed by atoms with Crippen LogP contribution in [0, 0.1) is 0 Å². The molecule has 0 radical (unpaired) electrons. The first-order valence-electron chi connectivity index (χ1n) is 6.43. The predicted octanol–water partition coefficient (Wildman–Crippen LogP) is 4.26. The third-order valence-electron chi connectivity index (χ3n) is 3.14. The number of anilines is 1. The molecule has 2 aromatic rings. The number of thiocarbonyl (C=S) groups is 1. The van der Waals surface area contributed by atoms with Crippen LogP contribution >= 0.6 is 35.4 Å². The number of benzene rings is 2. The van der Waals surface area contributed by atoms with Crippen LogP contribution in [0.15, 0.2) is 54.2 Å². The highest BCUT2D eigenvalue weighted by atomic mass is 35.5. The van der Waals surface area contributed by atoms with E-state index in [1.807, 2.05) is 12.1 Å². The minimum atomic E-state index is -0.206. The number of nitrogens with zero attached hydrogens (tertiary/aromatic N) is 1. The van der Waals surface area contributed by atoms with Crippen LogP contribution in [0.25, 0.3) is 6.08 Å². The second-order valence-corrected chi connectivity index (χ2v) is 5.92. The van der Waals surface area contributed by atoms with Crippen molar-refractivity contribution in [1.82, 2.24) is 5.32 Å². The molecule has 1 saturated heterocycles. The number of halogens is 2. The Bertz CT molecular complexity index is 770. The number of nitrogens with one attached hydrogen (secondary N) is 1. The molecule has 1 heterocycles. The molecule has 1 aliphatic heterocycles. The smallest absolute Gasteiger partial charge is 0.281 e. The fourth-order valence-electron chi connectivity index (χ4n) is 2.09. The van der Waals surface area contributed by atoms with Crippen LogP contribution in [0.4, 0.5) is 5.69 Å². The summed E-state index contributed by atoms with van der Waals surface area (Å²) in [5.74, 6) is -0.206. The van der Waals surface area contributed by atoms with Gasteiger partial charge in [0.05, 0.1) is 5.69 Å². The topological polar surface area (TPSA) is 32.3 Å². The van der Waals surface area contributed by atoms with Crippen molar-refractivity contribution >= 4 is 58.2 Å². The first-order valence-corrected chi connectivity index (χ1v) is 7.59. The van der Waals surface area contributed by atoms with Gasteiger partial charge in [0.1, 0.15) is 5.70 Å². The third-order valence-corrected chi connectivity index (χ3v) is 3.93. The van der Waals surface area contributed by atoms with Crippen LogP contribution in [0.3, 0.4) is 0 Å². The Morgan fingerprint density at radius 1 is 0.955 bits per heavy atom. The van der Waals surface area contributed by atoms with Gasteiger partial charge in [-0.25, -0.2) is 0 Å². The molecule has 0 aromatic heterocycles. The Morgan fingerprint density at radius 3 is 2.09 bits per heavy atom. The van der Waals surface area contributed by atoms with Crippen molar-refractivity contribution < 1.29 is 4.79 Å². The number of hydrogen-bond donors (Lipinski definition) is 1. The Kier molecular flexibility index (Phi) is 4.16. The van der Waals surface area contributed by atoms with Gasteiger partial charge in [-0.3, -0.25) is 9.69 Å². The molecule has 6 heteroatoms. The van der Waals surface area contributed by atoms with Crippen molar-refractivity contribution in [1.29, 1.82) is 0 Å². The van der Waals surface area contributed by atoms with Gasteiger partial charge in [0.25, 0.3) is 5.91 Å². The molecule has 0 saturated carbocycles. The van der Waals surface area contributed by atoms with E-state index in [0.717, 1.165) is 5.56 Å². The second-order valence-electron chi connectivity index (χ2n) is 4.66. The summed E-state index contributed by atoms with van der Waals surface area (Å²) >= 11 is 17.0. The van der Waals surface area contributed by atoms with Crippen molar-refractivity contribution in [2.45, 2.75) is 0 Å². The van der Waals surface area contributed by atoms with E-state index < -0.39 is 0 Å². The summed E-state index contributed by atoms with van der Waals surface area (Å²) in [5.41, 5.74) is 1.95. The maximum Gasteiger partial charge on any atom is 0.281 e. The maximum atomic E-state index is 12.5. The van der Waals surface area contributed by atoms with E-state index in [2.05, 4.69) is 5.32 Å². The summed E-state index contributed by atoms with van der Waals surface area (Å²) in [7, 11) is 0. The first-order chi connectivity index (χ1) is 10.5. The molecule has 0 unspecified atom stereocenters. The van der Waals surface area contributed by atoms with Gasteiger partial charge in [0.2, 0.25) is 0 Å². The molecule has 1 amide bonds. The summed E-state index contributed by atoms with van der Waals surface area (Å²) in [6.45, 7) is 0. The normalized spacial score (nSPS) is 16.3. The molecule has 3 nitrogen and oxygen atoms in total. The minimum absolute atomic E-state index is 0.206. The zero-order valence-corrected chi connectivity index (χ0v) is 13.5. The zero-order chi connectivity index (χ0) is 15.7. The summed E-state index contributed by atoms with van der Waals surface area (Å²) in [6, 6.07) is 14.1. The van der Waals surface area contributed by atoms with E-state index in [-0.39, 0.29) is 5.91 Å². The fraction of sp³-hybridized carbons (Fsp3) is 0. The monoisotopic (exact) mass is 348 g/mol. The number of carbonyl (C=O) groups is 1. The number of rotatable bonds is 2. The average molecular weight is 349 g/mol. The SMILES string of the molecule is O=C1/C(=C/c2ccc(Cl)cc2)NC(=S)N1c1ccc(Cl)cc1. The van der Waals surface area contributed by atoms with Gasteiger partial charge in [-0.1, -0.05) is 35.3 Å². The molecular formula is C16H10Cl2N2OS. The Balaban J connectivity index is 1.91. The molecule has 0 spiro atoms. The van der Waals surface area contributed by atoms with E-state index in [1.54, 1.807) is 42.5 Å². The van der Waals surface area contributed by atoms with Crippen LogP contribution < -0.4 is 10.2 Å². The van der Waals surface area contributed by atoms with E-state index in [0.29, 0.717) is 26.5 Å². The van der Waals surface area contributed by atoms with Gasteiger partial charge >= 0.3 is 0 Å². The number of amides is 1. The number of carbonyl (C=O) groups excluding carboxylic acids is 1. The van der Waals surface area contributed by atoms with Crippen LogP contribution in [-0.4, -0.2) is 11.0 Å². The maximum absolute atomic E-state index is 12.5. The largest absolute Gasteiger partial charge is 0.327 e. The van der Waals surface area contributed by atoms with E-state index in [4.69, 9.17) is 35.4 Å². The van der Waals surface area contributed by atoms with Gasteiger partial charge < -0.3 is 5.32 Å². The molecule has 1 aliphatic rings. The third kappa shape index (κ3) is 2.99. The van der Waals surface area contributed by atoms with Crippen LogP contribution in [-0.2, 0) is 4.79 Å². The van der Waals surface area contributed by atoms with Gasteiger partial charge in [-0.05, 0) is 60.3 Å². The fourth-order valence-corrected chi connectivity index (χ4v) is 2.64. The van der Waals surface area contributed by atoms with Crippen molar-refractivity contribution in [3.8, 4) is 0 Å². The molecule has 22 heavy (non-hydrogen) atoms. The quantitative estimate of drug-likeness (QED) is 0.650. The van der Waals surface area contributed by atoms with Gasteiger partial charge in [-0.2, -0.15) is 0 Å². The lowest BCUT2D eigenvalue weighted by Gasteiger charge is -2.13. The molecule has 0 aliphatic carbocycles. The summed E-state index contributed by atoms with van der Waals surface area (Å²) in [5, 5.41) is 4.52. The lowest BCUT2D eigenvalue weighted by molar-refractivity contribution is -0.113. The molecule has 1 N–H and O–H groups in total. The van der Waals surface area contributed by atoms with Crippen LogP contribution in [0.1, 0.15) is 5.56 Å². The predicted molar refractivity (Wildman–Crippen MR) is 94.1 cm³/mol. The lowest BCUT2D eigenvalue weighted by atomic mass is 10.2. The van der Waals surface area contributed by atoms with Crippen LogP contribution in [0.2, 0.25) is 10.0 Å². The lowest BCUT2D eigenvalue weighted by Crippen LogP contribution is -2.30. The highest BCUT2D eigenvalue weighted by Crippen LogP contribution is 2.24. The van der Waals surface area contributed by atoms with Crippen molar-refractivity contribution in [3.05, 3.63) is 69.8 Å². The molecule has 3 rings (SSSR count). The summed E-state index contributed by atoms with van der Waals surface area (Å²) < 4.78 is 0. The van der Waals surface area contributed by atoms with Crippen molar-refractivity contribution in [3.63, 3.8) is 0 Å². The second kappa shape index (κ2) is 6.08. The summed E-state index contributed by atoms with van der Waals surface area (Å²) in [4.78, 5) is 14.0. The molecule has 2 aromatic carbocycles. The highest BCUT2D eigenvalue weighted by Gasteiger charge is 2.31. The zero-order valence-electron chi connectivity index (χ0n) is 11.2. The molecule has 1 fully saturated rings. The van der Waals surface area contributed by atoms with Gasteiger partial charge in [-0.15, -0.1) is 0 Å². The Morgan fingerprint density at radius 2 is 1.50 bits per heavy atom. The van der Waals surface area contributed by atoms with E-state index in [9.17, 15) is 4.79 Å². The van der Waals surface area contributed by atoms with E-state index >= 15 is 0 Å².